The number of allylic oxidation sites excluding steroid dienone is 2. The zero-order chi connectivity index (χ0) is 15.5. The van der Waals surface area contributed by atoms with Gasteiger partial charge >= 0.3 is 0 Å². The fourth-order valence-electron chi connectivity index (χ4n) is 3.23. The van der Waals surface area contributed by atoms with E-state index in [0.29, 0.717) is 24.9 Å². The third-order valence-corrected chi connectivity index (χ3v) is 4.39. The summed E-state index contributed by atoms with van der Waals surface area (Å²) in [5.41, 5.74) is 3.72. The molecule has 0 aliphatic carbocycles. The van der Waals surface area contributed by atoms with Gasteiger partial charge in [0.2, 0.25) is 0 Å². The number of nitriles is 1. The van der Waals surface area contributed by atoms with Crippen molar-refractivity contribution in [3.8, 4) is 6.07 Å². The first-order chi connectivity index (χ1) is 10.7. The normalized spacial score (nSPS) is 25.3. The lowest BCUT2D eigenvalue weighted by Crippen LogP contribution is -2.31. The van der Waals surface area contributed by atoms with Crippen LogP contribution in [0.2, 0.25) is 0 Å². The van der Waals surface area contributed by atoms with Gasteiger partial charge in [-0.05, 0) is 38.6 Å². The Morgan fingerprint density at radius 1 is 1.50 bits per heavy atom. The topological polar surface area (TPSA) is 56.9 Å². The molecule has 5 nitrogen and oxygen atoms in total. The lowest BCUT2D eigenvalue weighted by Gasteiger charge is -2.25. The molecular weight excluding hydrogens is 274 g/mol. The molecule has 5 heteroatoms. The molecule has 22 heavy (non-hydrogen) atoms. The second-order valence-electron chi connectivity index (χ2n) is 6.30. The first kappa shape index (κ1) is 14.9. The number of nitrogens with zero attached hydrogens (tertiary/aromatic N) is 4. The van der Waals surface area contributed by atoms with Crippen LogP contribution in [-0.4, -0.2) is 40.9 Å². The predicted octanol–water partition coefficient (Wildman–Crippen LogP) is 2.01. The Bertz CT molecular complexity index is 634. The molecule has 0 radical (unpaired) electrons. The van der Waals surface area contributed by atoms with Gasteiger partial charge < -0.3 is 10.2 Å². The molecule has 1 aromatic rings. The summed E-state index contributed by atoms with van der Waals surface area (Å²) in [7, 11) is 2.18. The molecule has 1 saturated heterocycles. The van der Waals surface area contributed by atoms with Crippen molar-refractivity contribution in [1.29, 1.82) is 5.26 Å². The zero-order valence-electron chi connectivity index (χ0n) is 13.3. The highest BCUT2D eigenvalue weighted by atomic mass is 15.3. The number of nitrogens with one attached hydrogen (secondary N) is 1. The summed E-state index contributed by atoms with van der Waals surface area (Å²) in [4.78, 5) is 2.38. The van der Waals surface area contributed by atoms with Gasteiger partial charge in [0.15, 0.2) is 0 Å². The number of likely N-dealkylation sites (tertiary alicyclic amines) is 1. The molecule has 0 aromatic carbocycles. The summed E-state index contributed by atoms with van der Waals surface area (Å²) in [5.74, 6) is 0.602. The Labute approximate surface area is 131 Å². The first-order valence-corrected chi connectivity index (χ1v) is 7.94. The van der Waals surface area contributed by atoms with Crippen LogP contribution in [0.15, 0.2) is 30.2 Å². The van der Waals surface area contributed by atoms with Crippen molar-refractivity contribution in [1.82, 2.24) is 20.0 Å². The third kappa shape index (κ3) is 3.23. The Hall–Kier alpha value is -2.06. The van der Waals surface area contributed by atoms with Crippen molar-refractivity contribution in [2.24, 2.45) is 5.92 Å². The van der Waals surface area contributed by atoms with Crippen molar-refractivity contribution < 1.29 is 0 Å². The maximum atomic E-state index is 8.67. The van der Waals surface area contributed by atoms with E-state index in [1.165, 1.54) is 24.2 Å². The quantitative estimate of drug-likeness (QED) is 0.923. The van der Waals surface area contributed by atoms with Crippen LogP contribution in [0.25, 0.3) is 5.57 Å². The van der Waals surface area contributed by atoms with Gasteiger partial charge in [0.05, 0.1) is 25.2 Å². The van der Waals surface area contributed by atoms with E-state index < -0.39 is 0 Å². The molecule has 2 atom stereocenters. The van der Waals surface area contributed by atoms with Gasteiger partial charge in [-0.2, -0.15) is 10.4 Å². The number of dihydropyridines is 1. The van der Waals surface area contributed by atoms with E-state index in [-0.39, 0.29) is 0 Å². The van der Waals surface area contributed by atoms with Crippen LogP contribution in [-0.2, 0) is 6.54 Å². The van der Waals surface area contributed by atoms with Crippen LogP contribution in [0.5, 0.6) is 0 Å². The minimum atomic E-state index is 0.336. The average molecular weight is 297 g/mol. The lowest BCUT2D eigenvalue weighted by atomic mass is 9.95. The van der Waals surface area contributed by atoms with Crippen LogP contribution >= 0.6 is 0 Å². The average Bonchev–Trinajstić information content (AvgIpc) is 3.13. The third-order valence-electron chi connectivity index (χ3n) is 4.39. The summed E-state index contributed by atoms with van der Waals surface area (Å²) in [6, 6.07) is 2.49. The van der Waals surface area contributed by atoms with E-state index in [2.05, 4.69) is 47.5 Å². The number of hydrogen-bond donors (Lipinski definition) is 1. The summed E-state index contributed by atoms with van der Waals surface area (Å²) >= 11 is 0. The molecule has 1 fully saturated rings. The molecule has 3 rings (SSSR count). The van der Waals surface area contributed by atoms with Gasteiger partial charge in [-0.15, -0.1) is 0 Å². The smallest absolute Gasteiger partial charge is 0.0641 e. The molecule has 2 aliphatic heterocycles. The highest BCUT2D eigenvalue weighted by Gasteiger charge is 2.25. The minimum absolute atomic E-state index is 0.336. The van der Waals surface area contributed by atoms with E-state index in [0.717, 1.165) is 12.1 Å². The molecule has 0 saturated carbocycles. The largest absolute Gasteiger partial charge is 0.382 e. The second-order valence-corrected chi connectivity index (χ2v) is 6.30. The minimum Gasteiger partial charge on any atom is -0.382 e. The Morgan fingerprint density at radius 3 is 3.09 bits per heavy atom. The van der Waals surface area contributed by atoms with Crippen molar-refractivity contribution in [3.05, 3.63) is 35.8 Å². The van der Waals surface area contributed by atoms with E-state index in [4.69, 9.17) is 5.26 Å². The van der Waals surface area contributed by atoms with Gasteiger partial charge in [0.1, 0.15) is 0 Å². The van der Waals surface area contributed by atoms with Crippen LogP contribution in [0.1, 0.15) is 25.3 Å². The summed E-state index contributed by atoms with van der Waals surface area (Å²) in [5, 5.41) is 16.6. The Morgan fingerprint density at radius 2 is 2.36 bits per heavy atom. The van der Waals surface area contributed by atoms with E-state index in [1.54, 1.807) is 0 Å². The van der Waals surface area contributed by atoms with Crippen molar-refractivity contribution >= 4 is 5.57 Å². The van der Waals surface area contributed by atoms with E-state index >= 15 is 0 Å². The van der Waals surface area contributed by atoms with E-state index in [9.17, 15) is 0 Å². The molecule has 1 aromatic heterocycles. The Kier molecular flexibility index (Phi) is 4.30. The van der Waals surface area contributed by atoms with Crippen molar-refractivity contribution in [3.63, 3.8) is 0 Å². The van der Waals surface area contributed by atoms with Crippen LogP contribution in [0, 0.1) is 17.2 Å². The van der Waals surface area contributed by atoms with Crippen LogP contribution in [0.4, 0.5) is 0 Å². The maximum absolute atomic E-state index is 8.67. The van der Waals surface area contributed by atoms with Crippen molar-refractivity contribution in [2.45, 2.75) is 32.4 Å². The second kappa shape index (κ2) is 6.37. The van der Waals surface area contributed by atoms with Crippen LogP contribution in [0.3, 0.4) is 0 Å². The van der Waals surface area contributed by atoms with Crippen LogP contribution < -0.4 is 5.32 Å². The van der Waals surface area contributed by atoms with Gasteiger partial charge in [0, 0.05) is 36.0 Å². The number of hydrogen-bond acceptors (Lipinski definition) is 4. The van der Waals surface area contributed by atoms with Gasteiger partial charge in [-0.1, -0.05) is 6.08 Å². The fourth-order valence-corrected chi connectivity index (χ4v) is 3.23. The summed E-state index contributed by atoms with van der Waals surface area (Å²) < 4.78 is 1.85. The van der Waals surface area contributed by atoms with Gasteiger partial charge in [0.25, 0.3) is 0 Å². The number of aryl methyl sites for hydroxylation is 1. The zero-order valence-corrected chi connectivity index (χ0v) is 13.3. The highest BCUT2D eigenvalue weighted by molar-refractivity contribution is 5.75. The predicted molar refractivity (Wildman–Crippen MR) is 86.7 cm³/mol. The molecular formula is C17H23N5. The van der Waals surface area contributed by atoms with Gasteiger partial charge in [-0.25, -0.2) is 0 Å². The maximum Gasteiger partial charge on any atom is 0.0641 e. The van der Waals surface area contributed by atoms with Gasteiger partial charge in [-0.3, -0.25) is 4.68 Å². The highest BCUT2D eigenvalue weighted by Crippen LogP contribution is 2.28. The SMILES string of the molecule is CC1C=C(c2cnn(CCC#N)c2)C=C(C2CCN(C)C2)N1. The fraction of sp³-hybridized carbons (Fsp3) is 0.529. The monoisotopic (exact) mass is 297 g/mol. The molecule has 116 valence electrons. The molecule has 2 unspecified atom stereocenters. The standard InChI is InChI=1S/C17H23N5/c1-13-8-15(16-10-19-22(12-16)6-3-5-18)9-17(20-13)14-4-7-21(2)11-14/h8-10,12-14,20H,3-4,6-7,11H2,1-2H3. The first-order valence-electron chi connectivity index (χ1n) is 7.94. The molecule has 1 N–H and O–H groups in total. The molecule has 0 amide bonds. The molecule has 0 bridgehead atoms. The van der Waals surface area contributed by atoms with E-state index in [1.807, 2.05) is 17.1 Å². The Balaban J connectivity index is 1.78. The molecule has 3 heterocycles. The summed E-state index contributed by atoms with van der Waals surface area (Å²) in [6.07, 6.45) is 10.2. The summed E-state index contributed by atoms with van der Waals surface area (Å²) in [6.45, 7) is 5.14. The van der Waals surface area contributed by atoms with Crippen molar-refractivity contribution in [2.75, 3.05) is 20.1 Å². The number of aromatic nitrogens is 2. The lowest BCUT2D eigenvalue weighted by molar-refractivity contribution is 0.400. The molecule has 2 aliphatic rings. The number of rotatable bonds is 4. The molecule has 0 spiro atoms.